The molecule has 2 amide bonds. The predicted molar refractivity (Wildman–Crippen MR) is 80.7 cm³/mol. The minimum Gasteiger partial charge on any atom is -0.340 e. The molecule has 2 aliphatic rings. The Morgan fingerprint density at radius 3 is 2.67 bits per heavy atom. The lowest BCUT2D eigenvalue weighted by Crippen LogP contribution is -2.66. The van der Waals surface area contributed by atoms with Gasteiger partial charge in [0.2, 0.25) is 5.91 Å². The van der Waals surface area contributed by atoms with Gasteiger partial charge in [-0.2, -0.15) is 0 Å². The van der Waals surface area contributed by atoms with Crippen molar-refractivity contribution in [1.82, 2.24) is 5.32 Å². The van der Waals surface area contributed by atoms with Crippen LogP contribution in [0.1, 0.15) is 19.8 Å². The van der Waals surface area contributed by atoms with E-state index >= 15 is 0 Å². The summed E-state index contributed by atoms with van der Waals surface area (Å²) in [6, 6.07) is 2.37. The molecule has 2 fully saturated rings. The second-order valence-electron chi connectivity index (χ2n) is 5.63. The summed E-state index contributed by atoms with van der Waals surface area (Å²) in [6.45, 7) is 1.62. The van der Waals surface area contributed by atoms with Crippen molar-refractivity contribution in [1.29, 1.82) is 0 Å². The van der Waals surface area contributed by atoms with E-state index in [-0.39, 0.29) is 29.3 Å². The van der Waals surface area contributed by atoms with Gasteiger partial charge < -0.3 is 5.32 Å². The highest BCUT2D eigenvalue weighted by Crippen LogP contribution is 2.44. The Labute approximate surface area is 134 Å². The number of piperazine rings is 1. The maximum Gasteiger partial charge on any atom is 0.253 e. The maximum atomic E-state index is 13.3. The van der Waals surface area contributed by atoms with Crippen LogP contribution in [0.4, 0.5) is 10.1 Å². The van der Waals surface area contributed by atoms with Crippen LogP contribution >= 0.6 is 27.5 Å². The van der Waals surface area contributed by atoms with Gasteiger partial charge in [-0.25, -0.2) is 4.39 Å². The summed E-state index contributed by atoms with van der Waals surface area (Å²) in [5.41, 5.74) is -0.572. The van der Waals surface area contributed by atoms with Crippen molar-refractivity contribution in [2.75, 3.05) is 11.4 Å². The Morgan fingerprint density at radius 1 is 1.43 bits per heavy atom. The smallest absolute Gasteiger partial charge is 0.253 e. The fourth-order valence-corrected chi connectivity index (χ4v) is 3.86. The van der Waals surface area contributed by atoms with Gasteiger partial charge in [0, 0.05) is 4.47 Å². The van der Waals surface area contributed by atoms with Gasteiger partial charge in [0.15, 0.2) is 0 Å². The van der Waals surface area contributed by atoms with E-state index in [4.69, 9.17) is 11.6 Å². The second-order valence-corrected chi connectivity index (χ2v) is 6.90. The molecule has 1 atom stereocenters. The van der Waals surface area contributed by atoms with Crippen molar-refractivity contribution in [2.24, 2.45) is 5.92 Å². The first-order valence-corrected chi connectivity index (χ1v) is 7.77. The van der Waals surface area contributed by atoms with Gasteiger partial charge in [0.25, 0.3) is 5.91 Å². The van der Waals surface area contributed by atoms with Crippen molar-refractivity contribution in [3.05, 3.63) is 27.4 Å². The molecule has 0 bridgehead atoms. The Bertz CT molecular complexity index is 627. The first-order chi connectivity index (χ1) is 9.83. The molecule has 112 valence electrons. The number of carbonyl (C=O) groups excluding carboxylic acids is 2. The number of rotatable bonds is 2. The monoisotopic (exact) mass is 374 g/mol. The highest BCUT2D eigenvalue weighted by molar-refractivity contribution is 9.10. The third-order valence-electron chi connectivity index (χ3n) is 4.04. The molecule has 1 aliphatic heterocycles. The van der Waals surface area contributed by atoms with Crippen LogP contribution in [0.3, 0.4) is 0 Å². The Balaban J connectivity index is 2.05. The van der Waals surface area contributed by atoms with Crippen LogP contribution < -0.4 is 10.2 Å². The molecule has 21 heavy (non-hydrogen) atoms. The third-order valence-corrected chi connectivity index (χ3v) is 4.93. The SMILES string of the molecule is CC1(C2CC2)NC(=O)CN(c2c(Cl)cc(F)cc2Br)C1=O. The fourth-order valence-electron chi connectivity index (χ4n) is 2.79. The molecule has 0 aromatic heterocycles. The molecule has 1 saturated heterocycles. The fraction of sp³-hybridized carbons (Fsp3) is 0.429. The molecule has 4 nitrogen and oxygen atoms in total. The molecule has 3 rings (SSSR count). The predicted octanol–water partition coefficient (Wildman–Crippen LogP) is 2.87. The van der Waals surface area contributed by atoms with Crippen LogP contribution in [0, 0.1) is 11.7 Å². The zero-order chi connectivity index (χ0) is 15.4. The highest BCUT2D eigenvalue weighted by atomic mass is 79.9. The van der Waals surface area contributed by atoms with Crippen LogP contribution in [0.25, 0.3) is 0 Å². The van der Waals surface area contributed by atoms with E-state index < -0.39 is 11.4 Å². The molecule has 1 aromatic carbocycles. The molecule has 1 aromatic rings. The summed E-state index contributed by atoms with van der Waals surface area (Å²) < 4.78 is 13.7. The van der Waals surface area contributed by atoms with E-state index in [2.05, 4.69) is 21.2 Å². The van der Waals surface area contributed by atoms with Gasteiger partial charge in [0.1, 0.15) is 17.9 Å². The number of nitrogens with one attached hydrogen (secondary N) is 1. The summed E-state index contributed by atoms with van der Waals surface area (Å²) in [4.78, 5) is 26.1. The lowest BCUT2D eigenvalue weighted by molar-refractivity contribution is -0.136. The Morgan fingerprint density at radius 2 is 2.10 bits per heavy atom. The standard InChI is InChI=1S/C14H13BrClFN2O2/c1-14(7-2-3-7)13(21)19(6-11(20)18-14)12-9(15)4-8(17)5-10(12)16/h4-5,7H,2-3,6H2,1H3,(H,18,20). The number of hydrogen-bond acceptors (Lipinski definition) is 2. The summed E-state index contributed by atoms with van der Waals surface area (Å²) in [5, 5.41) is 2.89. The minimum atomic E-state index is -0.910. The number of halogens is 3. The second kappa shape index (κ2) is 4.95. The van der Waals surface area contributed by atoms with Gasteiger partial charge in [-0.3, -0.25) is 14.5 Å². The summed E-state index contributed by atoms with van der Waals surface area (Å²) >= 11 is 9.29. The van der Waals surface area contributed by atoms with E-state index in [1.807, 2.05) is 0 Å². The summed E-state index contributed by atoms with van der Waals surface area (Å²) in [6.07, 6.45) is 1.82. The maximum absolute atomic E-state index is 13.3. The van der Waals surface area contributed by atoms with Crippen molar-refractivity contribution in [3.63, 3.8) is 0 Å². The van der Waals surface area contributed by atoms with Crippen molar-refractivity contribution >= 4 is 45.0 Å². The topological polar surface area (TPSA) is 49.4 Å². The minimum absolute atomic E-state index is 0.100. The summed E-state index contributed by atoms with van der Waals surface area (Å²) in [7, 11) is 0. The average molecular weight is 376 g/mol. The van der Waals surface area contributed by atoms with E-state index in [1.54, 1.807) is 6.92 Å². The zero-order valence-electron chi connectivity index (χ0n) is 11.3. The molecule has 1 heterocycles. The van der Waals surface area contributed by atoms with Gasteiger partial charge in [-0.15, -0.1) is 0 Å². The molecular weight excluding hydrogens is 363 g/mol. The van der Waals surface area contributed by atoms with Crippen LogP contribution in [0.5, 0.6) is 0 Å². The van der Waals surface area contributed by atoms with E-state index in [0.717, 1.165) is 18.9 Å². The van der Waals surface area contributed by atoms with Gasteiger partial charge >= 0.3 is 0 Å². The van der Waals surface area contributed by atoms with Crippen LogP contribution in [-0.4, -0.2) is 23.9 Å². The molecule has 7 heteroatoms. The normalized spacial score (nSPS) is 26.0. The van der Waals surface area contributed by atoms with Crippen molar-refractivity contribution < 1.29 is 14.0 Å². The average Bonchev–Trinajstić information content (AvgIpc) is 3.18. The molecular formula is C14H13BrClFN2O2. The third kappa shape index (κ3) is 2.44. The quantitative estimate of drug-likeness (QED) is 0.864. The summed E-state index contributed by atoms with van der Waals surface area (Å²) in [5.74, 6) is -0.806. The van der Waals surface area contributed by atoms with Crippen LogP contribution in [0.2, 0.25) is 5.02 Å². The largest absolute Gasteiger partial charge is 0.340 e. The van der Waals surface area contributed by atoms with E-state index in [9.17, 15) is 14.0 Å². The molecule has 0 radical (unpaired) electrons. The molecule has 1 aliphatic carbocycles. The lowest BCUT2D eigenvalue weighted by atomic mass is 9.91. The molecule has 0 spiro atoms. The Hall–Kier alpha value is -1.14. The first kappa shape index (κ1) is 14.8. The van der Waals surface area contributed by atoms with Crippen LogP contribution in [-0.2, 0) is 9.59 Å². The van der Waals surface area contributed by atoms with Crippen molar-refractivity contribution in [2.45, 2.75) is 25.3 Å². The molecule has 1 unspecified atom stereocenters. The molecule has 1 N–H and O–H groups in total. The van der Waals surface area contributed by atoms with Crippen LogP contribution in [0.15, 0.2) is 16.6 Å². The number of nitrogens with zero attached hydrogens (tertiary/aromatic N) is 1. The first-order valence-electron chi connectivity index (χ1n) is 6.60. The van der Waals surface area contributed by atoms with Gasteiger partial charge in [0.05, 0.1) is 10.7 Å². The number of benzene rings is 1. The number of amides is 2. The highest BCUT2D eigenvalue weighted by Gasteiger charge is 2.53. The van der Waals surface area contributed by atoms with Gasteiger partial charge in [-0.1, -0.05) is 11.6 Å². The van der Waals surface area contributed by atoms with E-state index in [0.29, 0.717) is 10.2 Å². The number of carbonyl (C=O) groups is 2. The lowest BCUT2D eigenvalue weighted by Gasteiger charge is -2.40. The van der Waals surface area contributed by atoms with E-state index in [1.165, 1.54) is 11.0 Å². The molecule has 1 saturated carbocycles. The van der Waals surface area contributed by atoms with Crippen molar-refractivity contribution in [3.8, 4) is 0 Å². The number of hydrogen-bond donors (Lipinski definition) is 1. The Kier molecular flexibility index (Phi) is 3.48. The zero-order valence-corrected chi connectivity index (χ0v) is 13.6. The number of anilines is 1. The van der Waals surface area contributed by atoms with Gasteiger partial charge in [-0.05, 0) is 53.7 Å².